The first-order valence-electron chi connectivity index (χ1n) is 7.16. The summed E-state index contributed by atoms with van der Waals surface area (Å²) in [6.45, 7) is 3.10. The number of amides is 1. The molecule has 7 nitrogen and oxygen atoms in total. The van der Waals surface area contributed by atoms with E-state index in [1.165, 1.54) is 37.4 Å². The summed E-state index contributed by atoms with van der Waals surface area (Å²) in [6.07, 6.45) is 3.16. The minimum Gasteiger partial charge on any atom is -1.00 e. The Morgan fingerprint density at radius 2 is 1.96 bits per heavy atom. The number of pyridine rings is 1. The highest BCUT2D eigenvalue weighted by Crippen LogP contribution is 2.09. The molecule has 2 heterocycles. The van der Waals surface area contributed by atoms with Crippen LogP contribution in [-0.2, 0) is 16.6 Å². The molecule has 0 aliphatic carbocycles. The molecule has 0 bridgehead atoms. The fraction of sp³-hybridized carbons (Fsp3) is 0.267. The summed E-state index contributed by atoms with van der Waals surface area (Å²) in [6, 6.07) is 6.69. The van der Waals surface area contributed by atoms with E-state index in [4.69, 9.17) is 0 Å². The Balaban J connectivity index is 0.00000312. The van der Waals surface area contributed by atoms with E-state index in [0.29, 0.717) is 4.88 Å². The van der Waals surface area contributed by atoms with Crippen LogP contribution in [0.3, 0.4) is 0 Å². The van der Waals surface area contributed by atoms with Crippen LogP contribution in [0, 0.1) is 0 Å². The second-order valence-electron chi connectivity index (χ2n) is 5.32. The lowest BCUT2D eigenvalue weighted by Gasteiger charge is -2.10. The van der Waals surface area contributed by atoms with Gasteiger partial charge in [-0.05, 0) is 31.4 Å². The Morgan fingerprint density at radius 3 is 2.56 bits per heavy atom. The molecule has 2 aromatic heterocycles. The number of hydrogen-bond acceptors (Lipinski definition) is 5. The Labute approximate surface area is 160 Å². The Kier molecular flexibility index (Phi) is 7.87. The fourth-order valence-electron chi connectivity index (χ4n) is 1.74. The van der Waals surface area contributed by atoms with Crippen LogP contribution in [0.2, 0.25) is 0 Å². The van der Waals surface area contributed by atoms with Crippen LogP contribution >= 0.6 is 11.3 Å². The molecule has 25 heavy (non-hydrogen) atoms. The van der Waals surface area contributed by atoms with Crippen molar-refractivity contribution in [2.24, 2.45) is 0 Å². The second-order valence-corrected chi connectivity index (χ2v) is 8.50. The van der Waals surface area contributed by atoms with Crippen molar-refractivity contribution >= 4 is 33.1 Å². The maximum absolute atomic E-state index is 12.1. The third kappa shape index (κ3) is 5.99. The van der Waals surface area contributed by atoms with E-state index in [1.807, 2.05) is 10.2 Å². The molecule has 136 valence electrons. The third-order valence-corrected chi connectivity index (χ3v) is 5.71. The molecule has 1 amide bonds. The molecule has 0 atom stereocenters. The monoisotopic (exact) mass is 447 g/mol. The number of carbonyl (C=O) groups is 2. The van der Waals surface area contributed by atoms with Gasteiger partial charge >= 0.3 is 0 Å². The van der Waals surface area contributed by atoms with Gasteiger partial charge in [-0.25, -0.2) is 8.42 Å². The molecule has 0 saturated heterocycles. The zero-order valence-electron chi connectivity index (χ0n) is 13.6. The summed E-state index contributed by atoms with van der Waals surface area (Å²) in [5.41, 5.74) is 2.39. The van der Waals surface area contributed by atoms with Gasteiger partial charge in [0.05, 0.1) is 10.1 Å². The second kappa shape index (κ2) is 9.18. The third-order valence-electron chi connectivity index (χ3n) is 3.17. The van der Waals surface area contributed by atoms with Gasteiger partial charge in [-0.1, -0.05) is 6.07 Å². The molecule has 0 radical (unpaired) electrons. The predicted molar refractivity (Wildman–Crippen MR) is 89.9 cm³/mol. The molecule has 0 aromatic carbocycles. The standard InChI is InChI=1S/C15H17N3O4S2.BrH/c1-11(2)24(21,22)17-16-15(20)12-5-3-7-18(9-12)10-13(19)14-6-4-8-23-14;/h3-9,11,17H,10H2,1-2H3;1H. The molecule has 0 aliphatic rings. The number of sulfonamides is 1. The molecule has 0 saturated carbocycles. The highest BCUT2D eigenvalue weighted by Gasteiger charge is 2.19. The normalized spacial score (nSPS) is 11.0. The van der Waals surface area contributed by atoms with Gasteiger partial charge in [0.1, 0.15) is 5.56 Å². The zero-order chi connectivity index (χ0) is 17.7. The average molecular weight is 448 g/mol. The number of carbonyl (C=O) groups excluding carboxylic acids is 2. The van der Waals surface area contributed by atoms with Crippen LogP contribution in [0.1, 0.15) is 33.9 Å². The van der Waals surface area contributed by atoms with Crippen LogP contribution in [-0.4, -0.2) is 25.4 Å². The number of aromatic nitrogens is 1. The van der Waals surface area contributed by atoms with E-state index < -0.39 is 21.2 Å². The van der Waals surface area contributed by atoms with Gasteiger partial charge in [0.25, 0.3) is 5.91 Å². The van der Waals surface area contributed by atoms with Crippen molar-refractivity contribution in [2.75, 3.05) is 0 Å². The minimum absolute atomic E-state index is 0. The zero-order valence-corrected chi connectivity index (χ0v) is 16.8. The van der Waals surface area contributed by atoms with E-state index >= 15 is 0 Å². The molecule has 2 aromatic rings. The summed E-state index contributed by atoms with van der Waals surface area (Å²) in [4.78, 5) is 26.8. The van der Waals surface area contributed by atoms with Crippen LogP contribution in [0.5, 0.6) is 0 Å². The molecule has 0 unspecified atom stereocenters. The Hall–Kier alpha value is -1.62. The number of halogens is 1. The largest absolute Gasteiger partial charge is 1.00 e. The predicted octanol–water partition coefficient (Wildman–Crippen LogP) is -2.10. The maximum atomic E-state index is 12.1. The molecule has 2 N–H and O–H groups in total. The van der Waals surface area contributed by atoms with Crippen molar-refractivity contribution in [1.29, 1.82) is 0 Å². The highest BCUT2D eigenvalue weighted by atomic mass is 79.9. The van der Waals surface area contributed by atoms with E-state index in [-0.39, 0.29) is 34.9 Å². The van der Waals surface area contributed by atoms with Gasteiger partial charge < -0.3 is 17.0 Å². The van der Waals surface area contributed by atoms with Crippen molar-refractivity contribution < 1.29 is 39.6 Å². The lowest BCUT2D eigenvalue weighted by molar-refractivity contribution is -0.683. The summed E-state index contributed by atoms with van der Waals surface area (Å²) in [5, 5.41) is 1.16. The molecular weight excluding hydrogens is 430 g/mol. The molecule has 0 spiro atoms. The first kappa shape index (κ1) is 21.4. The van der Waals surface area contributed by atoms with Crippen molar-refractivity contribution in [3.8, 4) is 0 Å². The van der Waals surface area contributed by atoms with E-state index in [1.54, 1.807) is 29.0 Å². The van der Waals surface area contributed by atoms with E-state index in [0.717, 1.165) is 0 Å². The molecule has 0 fully saturated rings. The number of nitrogens with zero attached hydrogens (tertiary/aromatic N) is 1. The lowest BCUT2D eigenvalue weighted by atomic mass is 10.2. The Morgan fingerprint density at radius 1 is 1.24 bits per heavy atom. The number of ketones is 1. The van der Waals surface area contributed by atoms with Crippen molar-refractivity contribution in [1.82, 2.24) is 10.3 Å². The SMILES string of the molecule is CC(C)S(=O)(=O)NNC(=O)c1ccc[n+](CC(=O)c2cccs2)c1.[Br-]. The molecular formula is C15H18BrN3O4S2. The van der Waals surface area contributed by atoms with Crippen LogP contribution in [0.25, 0.3) is 0 Å². The first-order chi connectivity index (χ1) is 11.3. The quantitative estimate of drug-likeness (QED) is 0.288. The smallest absolute Gasteiger partial charge is 0.272 e. The Bertz CT molecular complexity index is 836. The number of hydrogen-bond donors (Lipinski definition) is 2. The minimum atomic E-state index is -3.60. The molecule has 0 aliphatic heterocycles. The van der Waals surface area contributed by atoms with E-state index in [2.05, 4.69) is 5.43 Å². The highest BCUT2D eigenvalue weighted by molar-refractivity contribution is 7.90. The summed E-state index contributed by atoms with van der Waals surface area (Å²) >= 11 is 1.36. The van der Waals surface area contributed by atoms with Gasteiger partial charge in [-0.3, -0.25) is 15.0 Å². The van der Waals surface area contributed by atoms with Gasteiger partial charge in [0.15, 0.2) is 12.4 Å². The van der Waals surface area contributed by atoms with Gasteiger partial charge in [-0.2, -0.15) is 4.57 Å². The number of thiophene rings is 1. The number of rotatable bonds is 7. The fourth-order valence-corrected chi connectivity index (χ4v) is 2.87. The van der Waals surface area contributed by atoms with Crippen molar-refractivity contribution in [2.45, 2.75) is 25.6 Å². The van der Waals surface area contributed by atoms with Gasteiger partial charge in [0.2, 0.25) is 22.4 Å². The summed E-state index contributed by atoms with van der Waals surface area (Å²) in [5.74, 6) is -0.662. The van der Waals surface area contributed by atoms with Crippen molar-refractivity contribution in [3.63, 3.8) is 0 Å². The lowest BCUT2D eigenvalue weighted by Crippen LogP contribution is -3.00. The van der Waals surface area contributed by atoms with Gasteiger partial charge in [0, 0.05) is 6.07 Å². The van der Waals surface area contributed by atoms with Gasteiger partial charge in [-0.15, -0.1) is 16.2 Å². The number of nitrogens with one attached hydrogen (secondary N) is 2. The van der Waals surface area contributed by atoms with Crippen LogP contribution in [0.4, 0.5) is 0 Å². The number of Topliss-reactive ketones (excluding diaryl/α,β-unsaturated/α-hetero) is 1. The average Bonchev–Trinajstić information content (AvgIpc) is 3.07. The molecule has 10 heteroatoms. The maximum Gasteiger partial charge on any atom is 0.272 e. The van der Waals surface area contributed by atoms with E-state index in [9.17, 15) is 18.0 Å². The van der Waals surface area contributed by atoms with Crippen LogP contribution < -0.4 is 31.8 Å². The summed E-state index contributed by atoms with van der Waals surface area (Å²) in [7, 11) is -3.60. The van der Waals surface area contributed by atoms with Crippen molar-refractivity contribution in [3.05, 3.63) is 52.5 Å². The summed E-state index contributed by atoms with van der Waals surface area (Å²) < 4.78 is 24.8. The first-order valence-corrected chi connectivity index (χ1v) is 9.59. The number of hydrazine groups is 1. The molecule has 2 rings (SSSR count). The topological polar surface area (TPSA) is 96.2 Å². The van der Waals surface area contributed by atoms with Crippen LogP contribution in [0.15, 0.2) is 42.0 Å².